The van der Waals surface area contributed by atoms with Gasteiger partial charge in [0, 0.05) is 36.6 Å². The summed E-state index contributed by atoms with van der Waals surface area (Å²) >= 11 is 1.84. The fraction of sp³-hybridized carbons (Fsp3) is 0.522. The Morgan fingerprint density at radius 3 is 2.84 bits per heavy atom. The first-order valence-electron chi connectivity index (χ1n) is 10.7. The van der Waals surface area contributed by atoms with Crippen LogP contribution < -0.4 is 15.4 Å². The van der Waals surface area contributed by atoms with Gasteiger partial charge in [-0.2, -0.15) is 0 Å². The van der Waals surface area contributed by atoms with Crippen LogP contribution in [0.5, 0.6) is 11.5 Å². The van der Waals surface area contributed by atoms with Crippen LogP contribution in [0.15, 0.2) is 40.7 Å². The monoisotopic (exact) mass is 558 g/mol. The number of phenols is 1. The molecule has 2 unspecified atom stereocenters. The number of likely N-dealkylation sites (tertiary alicyclic amines) is 1. The molecule has 0 aliphatic carbocycles. The predicted molar refractivity (Wildman–Crippen MR) is 140 cm³/mol. The van der Waals surface area contributed by atoms with Crippen LogP contribution in [0.1, 0.15) is 36.2 Å². The number of hydrogen-bond acceptors (Lipinski definition) is 5. The fourth-order valence-electron chi connectivity index (χ4n) is 4.11. The minimum Gasteiger partial charge on any atom is -0.508 e. The molecule has 1 aromatic heterocycles. The van der Waals surface area contributed by atoms with Crippen molar-refractivity contribution in [2.45, 2.75) is 32.2 Å². The Morgan fingerprint density at radius 1 is 1.32 bits per heavy atom. The molecule has 31 heavy (non-hydrogen) atoms. The molecule has 0 amide bonds. The second kappa shape index (κ2) is 13.1. The zero-order chi connectivity index (χ0) is 21.3. The highest BCUT2D eigenvalue weighted by Gasteiger charge is 2.31. The summed E-state index contributed by atoms with van der Waals surface area (Å²) in [6, 6.07) is 10.3. The molecule has 1 aromatic carbocycles. The van der Waals surface area contributed by atoms with E-state index in [4.69, 9.17) is 9.73 Å². The number of piperidine rings is 1. The molecular formula is C23H35IN4O2S. The summed E-state index contributed by atoms with van der Waals surface area (Å²) < 4.78 is 5.15. The SMILES string of the molecule is CCNC(=NCC1CCCN(C)C1c1cccs1)NCCc1ccc(OC)cc1O.I. The van der Waals surface area contributed by atoms with Crippen molar-refractivity contribution in [3.63, 3.8) is 0 Å². The summed E-state index contributed by atoms with van der Waals surface area (Å²) in [7, 11) is 3.83. The van der Waals surface area contributed by atoms with Gasteiger partial charge < -0.3 is 20.5 Å². The first-order valence-corrected chi connectivity index (χ1v) is 11.6. The number of benzene rings is 1. The first-order chi connectivity index (χ1) is 14.6. The van der Waals surface area contributed by atoms with Crippen LogP contribution in [0.4, 0.5) is 0 Å². The molecule has 2 aromatic rings. The standard InChI is InChI=1S/C23H34N4O2S.HI/c1-4-24-23(25-12-11-17-9-10-19(29-3)15-20(17)28)26-16-18-7-5-13-27(2)22(18)21-8-6-14-30-21;/h6,8-10,14-15,18,22,28H,4-5,7,11-13,16H2,1-3H3,(H2,24,25,26);1H. The van der Waals surface area contributed by atoms with Crippen LogP contribution >= 0.6 is 35.3 Å². The Hall–Kier alpha value is -1.52. The van der Waals surface area contributed by atoms with Crippen molar-refractivity contribution in [1.29, 1.82) is 0 Å². The van der Waals surface area contributed by atoms with E-state index in [1.807, 2.05) is 23.5 Å². The molecule has 3 N–H and O–H groups in total. The summed E-state index contributed by atoms with van der Waals surface area (Å²) in [5, 5.41) is 19.1. The lowest BCUT2D eigenvalue weighted by Gasteiger charge is -2.38. The van der Waals surface area contributed by atoms with Crippen molar-refractivity contribution < 1.29 is 9.84 Å². The van der Waals surface area contributed by atoms with Crippen LogP contribution in [0.3, 0.4) is 0 Å². The molecule has 0 radical (unpaired) electrons. The largest absolute Gasteiger partial charge is 0.508 e. The molecule has 1 saturated heterocycles. The van der Waals surface area contributed by atoms with Crippen molar-refractivity contribution in [3.8, 4) is 11.5 Å². The Labute approximate surface area is 207 Å². The van der Waals surface area contributed by atoms with E-state index < -0.39 is 0 Å². The summed E-state index contributed by atoms with van der Waals surface area (Å²) in [6.07, 6.45) is 3.14. The number of aromatic hydroxyl groups is 1. The van der Waals surface area contributed by atoms with Gasteiger partial charge in [-0.05, 0) is 68.8 Å². The Morgan fingerprint density at radius 2 is 2.16 bits per heavy atom. The van der Waals surface area contributed by atoms with Gasteiger partial charge in [0.15, 0.2) is 5.96 Å². The molecule has 2 heterocycles. The Kier molecular flexibility index (Phi) is 10.9. The number of nitrogens with zero attached hydrogens (tertiary/aromatic N) is 2. The fourth-order valence-corrected chi connectivity index (χ4v) is 5.09. The third kappa shape index (κ3) is 7.25. The zero-order valence-corrected chi connectivity index (χ0v) is 21.8. The number of hydrogen-bond donors (Lipinski definition) is 3. The maximum absolute atomic E-state index is 10.2. The summed E-state index contributed by atoms with van der Waals surface area (Å²) in [5.74, 6) is 2.28. The van der Waals surface area contributed by atoms with Crippen molar-refractivity contribution in [3.05, 3.63) is 46.2 Å². The maximum Gasteiger partial charge on any atom is 0.191 e. The molecule has 3 rings (SSSR count). The molecular weight excluding hydrogens is 523 g/mol. The topological polar surface area (TPSA) is 69.1 Å². The van der Waals surface area contributed by atoms with Gasteiger partial charge in [0.1, 0.15) is 11.5 Å². The van der Waals surface area contributed by atoms with E-state index in [1.165, 1.54) is 17.7 Å². The Bertz CT molecular complexity index is 816. The van der Waals surface area contributed by atoms with E-state index in [0.717, 1.165) is 31.2 Å². The van der Waals surface area contributed by atoms with E-state index in [9.17, 15) is 5.11 Å². The van der Waals surface area contributed by atoms with Crippen LogP contribution in [-0.4, -0.2) is 56.3 Å². The normalized spacial score (nSPS) is 19.5. The highest BCUT2D eigenvalue weighted by atomic mass is 127. The molecule has 0 bridgehead atoms. The molecule has 1 fully saturated rings. The number of nitrogens with one attached hydrogen (secondary N) is 2. The van der Waals surface area contributed by atoms with Crippen LogP contribution in [0, 0.1) is 5.92 Å². The predicted octanol–water partition coefficient (Wildman–Crippen LogP) is 4.26. The molecule has 1 aliphatic rings. The molecule has 2 atom stereocenters. The van der Waals surface area contributed by atoms with Gasteiger partial charge in [-0.1, -0.05) is 12.1 Å². The van der Waals surface area contributed by atoms with Gasteiger partial charge in [-0.15, -0.1) is 35.3 Å². The molecule has 0 spiro atoms. The zero-order valence-electron chi connectivity index (χ0n) is 18.6. The molecule has 8 heteroatoms. The van der Waals surface area contributed by atoms with Gasteiger partial charge in [-0.25, -0.2) is 0 Å². The third-order valence-electron chi connectivity index (χ3n) is 5.65. The average molecular weight is 559 g/mol. The smallest absolute Gasteiger partial charge is 0.191 e. The summed E-state index contributed by atoms with van der Waals surface area (Å²) in [4.78, 5) is 8.81. The first kappa shape index (κ1) is 25.7. The quantitative estimate of drug-likeness (QED) is 0.257. The molecule has 172 valence electrons. The van der Waals surface area contributed by atoms with Crippen molar-refractivity contribution in [2.75, 3.05) is 40.3 Å². The van der Waals surface area contributed by atoms with E-state index in [0.29, 0.717) is 30.7 Å². The third-order valence-corrected chi connectivity index (χ3v) is 6.59. The van der Waals surface area contributed by atoms with Crippen molar-refractivity contribution in [2.24, 2.45) is 10.9 Å². The molecule has 0 saturated carbocycles. The number of thiophene rings is 1. The van der Waals surface area contributed by atoms with Crippen molar-refractivity contribution in [1.82, 2.24) is 15.5 Å². The number of halogens is 1. The van der Waals surface area contributed by atoms with Gasteiger partial charge in [0.05, 0.1) is 7.11 Å². The summed E-state index contributed by atoms with van der Waals surface area (Å²) in [6.45, 7) is 5.54. The highest BCUT2D eigenvalue weighted by molar-refractivity contribution is 14.0. The lowest BCUT2D eigenvalue weighted by Crippen LogP contribution is -2.40. The minimum atomic E-state index is 0. The van der Waals surface area contributed by atoms with Gasteiger partial charge in [0.2, 0.25) is 0 Å². The van der Waals surface area contributed by atoms with E-state index >= 15 is 0 Å². The second-order valence-electron chi connectivity index (χ2n) is 7.73. The highest BCUT2D eigenvalue weighted by Crippen LogP contribution is 2.37. The maximum atomic E-state index is 10.2. The van der Waals surface area contributed by atoms with Gasteiger partial charge in [-0.3, -0.25) is 9.89 Å². The van der Waals surface area contributed by atoms with E-state index in [1.54, 1.807) is 13.2 Å². The Balaban J connectivity index is 0.00000341. The van der Waals surface area contributed by atoms with Gasteiger partial charge in [0.25, 0.3) is 0 Å². The average Bonchev–Trinajstić information content (AvgIpc) is 3.27. The number of aliphatic imine (C=N–C) groups is 1. The number of guanidine groups is 1. The number of methoxy groups -OCH3 is 1. The van der Waals surface area contributed by atoms with Gasteiger partial charge >= 0.3 is 0 Å². The lowest BCUT2D eigenvalue weighted by atomic mass is 9.88. The van der Waals surface area contributed by atoms with Crippen LogP contribution in [0.25, 0.3) is 0 Å². The molecule has 6 nitrogen and oxygen atoms in total. The lowest BCUT2D eigenvalue weighted by molar-refractivity contribution is 0.128. The van der Waals surface area contributed by atoms with Crippen LogP contribution in [-0.2, 0) is 6.42 Å². The van der Waals surface area contributed by atoms with Crippen LogP contribution in [0.2, 0.25) is 0 Å². The summed E-state index contributed by atoms with van der Waals surface area (Å²) in [5.41, 5.74) is 0.894. The number of phenolic OH excluding ortho intramolecular Hbond substituents is 1. The molecule has 1 aliphatic heterocycles. The van der Waals surface area contributed by atoms with E-state index in [2.05, 4.69) is 47.0 Å². The minimum absolute atomic E-state index is 0. The number of ether oxygens (including phenoxy) is 1. The second-order valence-corrected chi connectivity index (χ2v) is 8.71. The number of rotatable bonds is 8. The van der Waals surface area contributed by atoms with Crippen molar-refractivity contribution >= 4 is 41.3 Å². The van der Waals surface area contributed by atoms with E-state index in [-0.39, 0.29) is 29.7 Å².